The first-order valence-corrected chi connectivity index (χ1v) is 15.1. The first-order chi connectivity index (χ1) is 21.3. The number of carbonyl (C=O) groups is 1. The Balaban J connectivity index is 1.56. The van der Waals surface area contributed by atoms with Crippen molar-refractivity contribution in [3.05, 3.63) is 101 Å². The van der Waals surface area contributed by atoms with E-state index >= 15 is 0 Å². The summed E-state index contributed by atoms with van der Waals surface area (Å²) in [5.41, 5.74) is -8.08. The number of ether oxygens (including phenoxy) is 1. The van der Waals surface area contributed by atoms with Crippen LogP contribution in [0.4, 0.5) is 39.5 Å². The highest BCUT2D eigenvalue weighted by Crippen LogP contribution is 2.57. The van der Waals surface area contributed by atoms with Gasteiger partial charge in [-0.25, -0.2) is 21.6 Å². The van der Waals surface area contributed by atoms with Crippen LogP contribution in [-0.4, -0.2) is 55.9 Å². The van der Waals surface area contributed by atoms with Gasteiger partial charge >= 0.3 is 12.4 Å². The first-order valence-electron chi connectivity index (χ1n) is 13.6. The number of nitrogens with zero attached hydrogens (tertiary/aromatic N) is 1. The van der Waals surface area contributed by atoms with Crippen molar-refractivity contribution in [3.8, 4) is 0 Å². The minimum Gasteiger partial charge on any atom is -0.389 e. The molecule has 0 unspecified atom stereocenters. The maximum absolute atomic E-state index is 14.4. The van der Waals surface area contributed by atoms with Crippen LogP contribution in [0.3, 0.4) is 0 Å². The first kappa shape index (κ1) is 33.7. The molecule has 1 amide bonds. The lowest BCUT2D eigenvalue weighted by Gasteiger charge is -2.49. The van der Waals surface area contributed by atoms with Gasteiger partial charge in [-0.1, -0.05) is 30.3 Å². The maximum Gasteiger partial charge on any atom is 0.430 e. The third kappa shape index (κ3) is 5.43. The number of hydrogen-bond donors (Lipinski definition) is 1. The monoisotopic (exact) mass is 681 g/mol. The van der Waals surface area contributed by atoms with Gasteiger partial charge in [0.2, 0.25) is 5.91 Å². The van der Waals surface area contributed by atoms with Gasteiger partial charge in [0.05, 0.1) is 17.6 Å². The molecule has 1 aliphatic carbocycles. The molecule has 2 aliphatic rings. The second-order valence-electron chi connectivity index (χ2n) is 11.2. The lowest BCUT2D eigenvalue weighted by molar-refractivity contribution is -0.392. The van der Waals surface area contributed by atoms with Crippen LogP contribution in [0.2, 0.25) is 0 Å². The molecule has 0 spiro atoms. The normalized spacial score (nSPS) is 21.1. The summed E-state index contributed by atoms with van der Waals surface area (Å²) in [4.78, 5) is 13.8. The molecule has 16 heteroatoms. The lowest BCUT2D eigenvalue weighted by atomic mass is 9.69. The van der Waals surface area contributed by atoms with Gasteiger partial charge < -0.3 is 14.7 Å². The number of halogens is 9. The number of sulfone groups is 1. The van der Waals surface area contributed by atoms with Crippen LogP contribution in [-0.2, 0) is 36.3 Å². The summed E-state index contributed by atoms with van der Waals surface area (Å²) < 4.78 is 158. The van der Waals surface area contributed by atoms with E-state index in [1.807, 2.05) is 0 Å². The zero-order valence-corrected chi connectivity index (χ0v) is 24.2. The van der Waals surface area contributed by atoms with E-state index in [-0.39, 0.29) is 18.7 Å². The second kappa shape index (κ2) is 11.6. The second-order valence-corrected chi connectivity index (χ2v) is 13.5. The SMILES string of the molecule is O=C([C@H]1C[C@@](c2ccc(C(OCc3c(F)cccc3F)(C(F)(F)F)C(F)(F)F)cc2)(S(=O)(=O)c2ccc(F)cc2)C1)N1CC(O)C1. The van der Waals surface area contributed by atoms with Crippen LogP contribution in [0.15, 0.2) is 71.6 Å². The highest BCUT2D eigenvalue weighted by molar-refractivity contribution is 7.92. The Morgan fingerprint density at radius 2 is 1.37 bits per heavy atom. The van der Waals surface area contributed by atoms with Crippen molar-refractivity contribution in [2.45, 2.75) is 53.1 Å². The van der Waals surface area contributed by atoms with Gasteiger partial charge in [-0.15, -0.1) is 0 Å². The van der Waals surface area contributed by atoms with Crippen LogP contribution in [0, 0.1) is 23.4 Å². The standard InChI is InChI=1S/C30H24F9NO5S/c31-20-8-10-22(11-9-20)46(43,44)27(12-17(13-27)26(42)40-14-21(41)15-40)18-4-6-19(7-5-18)28(29(34,35)36,30(37,38)39)45-16-23-24(32)2-1-3-25(23)33/h1-11,17,21,41H,12-16H2/t17-,27+. The summed E-state index contributed by atoms with van der Waals surface area (Å²) in [6.07, 6.45) is -14.0. The molecule has 0 radical (unpaired) electrons. The number of amides is 1. The van der Waals surface area contributed by atoms with E-state index in [2.05, 4.69) is 4.74 Å². The highest BCUT2D eigenvalue weighted by atomic mass is 32.2. The molecule has 6 nitrogen and oxygen atoms in total. The highest BCUT2D eigenvalue weighted by Gasteiger charge is 2.73. The van der Waals surface area contributed by atoms with Crippen LogP contribution < -0.4 is 0 Å². The third-order valence-electron chi connectivity index (χ3n) is 8.42. The molecule has 3 aromatic carbocycles. The lowest BCUT2D eigenvalue weighted by Crippen LogP contribution is -2.59. The number of aliphatic hydroxyl groups excluding tert-OH is 1. The van der Waals surface area contributed by atoms with E-state index in [1.165, 1.54) is 4.90 Å². The summed E-state index contributed by atoms with van der Waals surface area (Å²) >= 11 is 0. The number of likely N-dealkylation sites (tertiary alicyclic amines) is 1. The van der Waals surface area contributed by atoms with E-state index < -0.39 is 103 Å². The molecule has 1 saturated heterocycles. The summed E-state index contributed by atoms with van der Waals surface area (Å²) in [5, 5.41) is 9.53. The minimum atomic E-state index is -6.22. The number of benzene rings is 3. The largest absolute Gasteiger partial charge is 0.430 e. The Labute approximate surface area is 256 Å². The van der Waals surface area contributed by atoms with Crippen LogP contribution in [0.1, 0.15) is 29.5 Å². The molecule has 1 N–H and O–H groups in total. The predicted molar refractivity (Wildman–Crippen MR) is 142 cm³/mol. The fourth-order valence-corrected chi connectivity index (χ4v) is 8.08. The van der Waals surface area contributed by atoms with Gasteiger partial charge in [0.25, 0.3) is 5.60 Å². The van der Waals surface area contributed by atoms with E-state index in [0.29, 0.717) is 24.3 Å². The number of carbonyl (C=O) groups excluding carboxylic acids is 1. The Morgan fingerprint density at radius 1 is 0.848 bits per heavy atom. The number of aliphatic hydroxyl groups is 1. The molecule has 0 bridgehead atoms. The van der Waals surface area contributed by atoms with Crippen molar-refractivity contribution in [1.29, 1.82) is 0 Å². The fourth-order valence-electron chi connectivity index (χ4n) is 5.85. The molecule has 1 aliphatic heterocycles. The molecule has 46 heavy (non-hydrogen) atoms. The Morgan fingerprint density at radius 3 is 1.85 bits per heavy atom. The van der Waals surface area contributed by atoms with Crippen molar-refractivity contribution >= 4 is 15.7 Å². The van der Waals surface area contributed by atoms with Gasteiger partial charge in [0.1, 0.15) is 22.2 Å². The number of hydrogen-bond acceptors (Lipinski definition) is 5. The van der Waals surface area contributed by atoms with Crippen molar-refractivity contribution < 1.29 is 62.6 Å². The van der Waals surface area contributed by atoms with Gasteiger partial charge in [0, 0.05) is 30.1 Å². The van der Waals surface area contributed by atoms with Crippen LogP contribution >= 0.6 is 0 Å². The summed E-state index contributed by atoms with van der Waals surface area (Å²) in [7, 11) is -4.53. The predicted octanol–water partition coefficient (Wildman–Crippen LogP) is 5.92. The van der Waals surface area contributed by atoms with Crippen molar-refractivity contribution in [3.63, 3.8) is 0 Å². The summed E-state index contributed by atoms with van der Waals surface area (Å²) in [6, 6.07) is 7.86. The Kier molecular flexibility index (Phi) is 8.48. The zero-order valence-electron chi connectivity index (χ0n) is 23.4. The van der Waals surface area contributed by atoms with Crippen LogP contribution in [0.5, 0.6) is 0 Å². The molecule has 0 aromatic heterocycles. The smallest absolute Gasteiger partial charge is 0.389 e. The average molecular weight is 682 g/mol. The molecule has 3 aromatic rings. The van der Waals surface area contributed by atoms with E-state index in [4.69, 9.17) is 0 Å². The van der Waals surface area contributed by atoms with E-state index in [9.17, 15) is 57.8 Å². The number of alkyl halides is 6. The van der Waals surface area contributed by atoms with Crippen molar-refractivity contribution in [1.82, 2.24) is 4.90 Å². The van der Waals surface area contributed by atoms with Gasteiger partial charge in [0.15, 0.2) is 9.84 Å². The van der Waals surface area contributed by atoms with E-state index in [1.54, 1.807) is 0 Å². The van der Waals surface area contributed by atoms with Crippen molar-refractivity contribution in [2.75, 3.05) is 13.1 Å². The fraction of sp³-hybridized carbons (Fsp3) is 0.367. The zero-order chi connectivity index (χ0) is 33.9. The molecular formula is C30H24F9NO5S. The molecule has 1 heterocycles. The average Bonchev–Trinajstić information content (AvgIpc) is 2.91. The molecule has 1 saturated carbocycles. The van der Waals surface area contributed by atoms with Gasteiger partial charge in [-0.05, 0) is 54.8 Å². The molecular weight excluding hydrogens is 657 g/mol. The minimum absolute atomic E-state index is 0.00941. The Bertz CT molecular complexity index is 1680. The third-order valence-corrected chi connectivity index (χ3v) is 10.9. The topological polar surface area (TPSA) is 83.9 Å². The van der Waals surface area contributed by atoms with Crippen LogP contribution in [0.25, 0.3) is 0 Å². The van der Waals surface area contributed by atoms with Gasteiger partial charge in [-0.2, -0.15) is 26.3 Å². The molecule has 5 rings (SSSR count). The maximum atomic E-state index is 14.4. The van der Waals surface area contributed by atoms with Gasteiger partial charge in [-0.3, -0.25) is 4.79 Å². The molecule has 2 fully saturated rings. The summed E-state index contributed by atoms with van der Waals surface area (Å²) in [5.74, 6) is -5.06. The quantitative estimate of drug-likeness (QED) is 0.236. The number of rotatable bonds is 8. The summed E-state index contributed by atoms with van der Waals surface area (Å²) in [6.45, 7) is -1.75. The van der Waals surface area contributed by atoms with E-state index in [0.717, 1.165) is 42.5 Å². The number of β-amino-alcohol motifs (C(OH)–C–C–N with tert-alkyl or cyclic N) is 1. The Hall–Kier alpha value is -3.63. The molecule has 0 atom stereocenters. The molecule has 248 valence electrons. The van der Waals surface area contributed by atoms with Crippen molar-refractivity contribution in [2.24, 2.45) is 5.92 Å².